The largest absolute Gasteiger partial charge is 0.377 e. The monoisotopic (exact) mass is 567 g/mol. The molecule has 2 N–H and O–H groups in total. The number of benzene rings is 3. The standard InChI is InChI=1S/C31H27Cl2N7/c1-2-26(19-7-4-3-5-8-19)36-29-21(16-34)17-35-31-25(29)14-23(33)15-27(31)37-30(20-9-6-10-22(32)13-20)28-18-40(39-38-28)24-11-12-24/h3-10,13-15,17-18,24,26,30,37H,2,11-12H2,1H3,(H,35,36)/t26-,30+/m1/s1. The summed E-state index contributed by atoms with van der Waals surface area (Å²) in [6.45, 7) is 2.12. The van der Waals surface area contributed by atoms with Crippen molar-refractivity contribution in [1.82, 2.24) is 20.0 Å². The van der Waals surface area contributed by atoms with Gasteiger partial charge in [-0.05, 0) is 54.7 Å². The zero-order chi connectivity index (χ0) is 27.6. The lowest BCUT2D eigenvalue weighted by Crippen LogP contribution is -2.14. The van der Waals surface area contributed by atoms with Crippen molar-refractivity contribution in [3.8, 4) is 6.07 Å². The third-order valence-electron chi connectivity index (χ3n) is 7.21. The van der Waals surface area contributed by atoms with E-state index >= 15 is 0 Å². The van der Waals surface area contributed by atoms with Crippen molar-refractivity contribution < 1.29 is 0 Å². The number of halogens is 2. The number of nitrogens with one attached hydrogen (secondary N) is 2. The Hall–Kier alpha value is -4.12. The van der Waals surface area contributed by atoms with Crippen LogP contribution in [0.5, 0.6) is 0 Å². The highest BCUT2D eigenvalue weighted by Crippen LogP contribution is 2.39. The molecule has 40 heavy (non-hydrogen) atoms. The SMILES string of the molecule is CC[C@@H](Nc1c(C#N)cnc2c(N[C@@H](c3cccc(Cl)c3)c3cn(C4CC4)nn3)cc(Cl)cc12)c1ccccc1. The molecule has 2 aromatic heterocycles. The van der Waals surface area contributed by atoms with Crippen LogP contribution in [0.4, 0.5) is 11.4 Å². The Labute approximate surface area is 242 Å². The number of pyridine rings is 1. The highest BCUT2D eigenvalue weighted by molar-refractivity contribution is 6.32. The lowest BCUT2D eigenvalue weighted by Gasteiger charge is -2.23. The van der Waals surface area contributed by atoms with E-state index in [-0.39, 0.29) is 12.1 Å². The highest BCUT2D eigenvalue weighted by atomic mass is 35.5. The molecule has 9 heteroatoms. The van der Waals surface area contributed by atoms with E-state index in [9.17, 15) is 5.26 Å². The number of fused-ring (bicyclic) bond motifs is 1. The quantitative estimate of drug-likeness (QED) is 0.187. The molecule has 0 bridgehead atoms. The number of rotatable bonds is 9. The maximum Gasteiger partial charge on any atom is 0.109 e. The summed E-state index contributed by atoms with van der Waals surface area (Å²) in [4.78, 5) is 4.71. The van der Waals surface area contributed by atoms with E-state index in [2.05, 4.69) is 46.1 Å². The van der Waals surface area contributed by atoms with Crippen LogP contribution >= 0.6 is 23.2 Å². The molecule has 0 aliphatic heterocycles. The fourth-order valence-electron chi connectivity index (χ4n) is 5.01. The van der Waals surface area contributed by atoms with Gasteiger partial charge in [-0.1, -0.05) is 77.8 Å². The van der Waals surface area contributed by atoms with Crippen LogP contribution in [-0.2, 0) is 0 Å². The van der Waals surface area contributed by atoms with Gasteiger partial charge in [0.1, 0.15) is 11.8 Å². The maximum atomic E-state index is 9.98. The minimum absolute atomic E-state index is 0.00552. The van der Waals surface area contributed by atoms with Crippen molar-refractivity contribution in [3.63, 3.8) is 0 Å². The van der Waals surface area contributed by atoms with Crippen molar-refractivity contribution in [1.29, 1.82) is 5.26 Å². The smallest absolute Gasteiger partial charge is 0.109 e. The zero-order valence-electron chi connectivity index (χ0n) is 21.9. The van der Waals surface area contributed by atoms with Crippen molar-refractivity contribution in [2.45, 2.75) is 44.3 Å². The van der Waals surface area contributed by atoms with Gasteiger partial charge in [-0.15, -0.1) is 5.10 Å². The van der Waals surface area contributed by atoms with E-state index in [0.717, 1.165) is 41.5 Å². The van der Waals surface area contributed by atoms with Crippen LogP contribution in [0.1, 0.15) is 66.7 Å². The zero-order valence-corrected chi connectivity index (χ0v) is 23.4. The number of aromatic nitrogens is 4. The predicted molar refractivity (Wildman–Crippen MR) is 160 cm³/mol. The third-order valence-corrected chi connectivity index (χ3v) is 7.67. The van der Waals surface area contributed by atoms with Gasteiger partial charge < -0.3 is 10.6 Å². The van der Waals surface area contributed by atoms with Gasteiger partial charge in [0.2, 0.25) is 0 Å². The molecule has 0 amide bonds. The first kappa shape index (κ1) is 26.1. The normalized spacial score (nSPS) is 14.4. The number of nitrogens with zero attached hydrogens (tertiary/aromatic N) is 5. The Morgan fingerprint density at radius 3 is 2.52 bits per heavy atom. The Bertz CT molecular complexity index is 1710. The second-order valence-electron chi connectivity index (χ2n) is 10.0. The molecule has 0 saturated heterocycles. The molecule has 1 aliphatic rings. The van der Waals surface area contributed by atoms with Crippen molar-refractivity contribution in [2.24, 2.45) is 0 Å². The molecule has 3 aromatic carbocycles. The molecule has 1 aliphatic carbocycles. The van der Waals surface area contributed by atoms with E-state index in [0.29, 0.717) is 38.5 Å². The summed E-state index contributed by atoms with van der Waals surface area (Å²) in [5, 5.41) is 28.0. The Morgan fingerprint density at radius 2 is 1.80 bits per heavy atom. The third kappa shape index (κ3) is 5.33. The molecular weight excluding hydrogens is 541 g/mol. The lowest BCUT2D eigenvalue weighted by atomic mass is 10.0. The fraction of sp³-hybridized carbons (Fsp3) is 0.226. The van der Waals surface area contributed by atoms with E-state index in [4.69, 9.17) is 28.2 Å². The predicted octanol–water partition coefficient (Wildman–Crippen LogP) is 8.10. The van der Waals surface area contributed by atoms with Crippen LogP contribution < -0.4 is 10.6 Å². The molecule has 7 nitrogen and oxygen atoms in total. The van der Waals surface area contributed by atoms with Gasteiger partial charge >= 0.3 is 0 Å². The molecule has 2 heterocycles. The summed E-state index contributed by atoms with van der Waals surface area (Å²) in [6.07, 6.45) is 6.65. The fourth-order valence-corrected chi connectivity index (χ4v) is 5.43. The number of anilines is 2. The first-order valence-corrected chi connectivity index (χ1v) is 14.1. The van der Waals surface area contributed by atoms with Gasteiger partial charge in [-0.25, -0.2) is 4.68 Å². The Balaban J connectivity index is 1.45. The molecule has 0 spiro atoms. The molecule has 1 fully saturated rings. The van der Waals surface area contributed by atoms with Crippen molar-refractivity contribution in [2.75, 3.05) is 10.6 Å². The van der Waals surface area contributed by atoms with Crippen LogP contribution in [0.3, 0.4) is 0 Å². The summed E-state index contributed by atoms with van der Waals surface area (Å²) in [7, 11) is 0. The van der Waals surface area contributed by atoms with Gasteiger partial charge in [0.15, 0.2) is 0 Å². The molecule has 2 atom stereocenters. The molecule has 5 aromatic rings. The van der Waals surface area contributed by atoms with Crippen molar-refractivity contribution >= 4 is 45.5 Å². The minimum Gasteiger partial charge on any atom is -0.377 e. The van der Waals surface area contributed by atoms with Crippen LogP contribution in [0.2, 0.25) is 10.0 Å². The number of hydrogen-bond donors (Lipinski definition) is 2. The van der Waals surface area contributed by atoms with Crippen molar-refractivity contribution in [3.05, 3.63) is 112 Å². The van der Waals surface area contributed by atoms with Gasteiger partial charge in [0, 0.05) is 21.6 Å². The first-order valence-electron chi connectivity index (χ1n) is 13.3. The summed E-state index contributed by atoms with van der Waals surface area (Å²) in [5.74, 6) is 0. The van der Waals surface area contributed by atoms with Crippen LogP contribution in [0, 0.1) is 11.3 Å². The van der Waals surface area contributed by atoms with Gasteiger partial charge in [-0.2, -0.15) is 5.26 Å². The summed E-state index contributed by atoms with van der Waals surface area (Å²) >= 11 is 13.1. The Morgan fingerprint density at radius 1 is 1.00 bits per heavy atom. The number of hydrogen-bond acceptors (Lipinski definition) is 6. The molecule has 6 rings (SSSR count). The lowest BCUT2D eigenvalue weighted by molar-refractivity contribution is 0.610. The first-order chi connectivity index (χ1) is 19.5. The highest BCUT2D eigenvalue weighted by Gasteiger charge is 2.27. The van der Waals surface area contributed by atoms with E-state index in [1.807, 2.05) is 65.5 Å². The Kier molecular flexibility index (Phi) is 7.29. The van der Waals surface area contributed by atoms with E-state index in [1.165, 1.54) is 0 Å². The number of nitriles is 1. The maximum absolute atomic E-state index is 9.98. The second kappa shape index (κ2) is 11.2. The topological polar surface area (TPSA) is 91.5 Å². The summed E-state index contributed by atoms with van der Waals surface area (Å²) < 4.78 is 1.93. The molecular formula is C31H27Cl2N7. The average Bonchev–Trinajstić information content (AvgIpc) is 3.71. The summed E-state index contributed by atoms with van der Waals surface area (Å²) in [5.41, 5.74) is 5.40. The molecule has 0 radical (unpaired) electrons. The summed E-state index contributed by atoms with van der Waals surface area (Å²) in [6, 6.07) is 24.0. The van der Waals surface area contributed by atoms with Gasteiger partial charge in [0.25, 0.3) is 0 Å². The van der Waals surface area contributed by atoms with E-state index < -0.39 is 0 Å². The van der Waals surface area contributed by atoms with Crippen LogP contribution in [-0.4, -0.2) is 20.0 Å². The average molecular weight is 569 g/mol. The van der Waals surface area contributed by atoms with E-state index in [1.54, 1.807) is 6.20 Å². The van der Waals surface area contributed by atoms with Crippen LogP contribution in [0.25, 0.3) is 10.9 Å². The molecule has 200 valence electrons. The minimum atomic E-state index is -0.352. The molecule has 1 saturated carbocycles. The van der Waals surface area contributed by atoms with Gasteiger partial charge in [0.05, 0.1) is 46.8 Å². The van der Waals surface area contributed by atoms with Gasteiger partial charge in [-0.3, -0.25) is 4.98 Å². The molecule has 0 unspecified atom stereocenters. The second-order valence-corrected chi connectivity index (χ2v) is 10.9. The van der Waals surface area contributed by atoms with Crippen LogP contribution in [0.15, 0.2) is 79.1 Å².